The van der Waals surface area contributed by atoms with Crippen LogP contribution in [0.5, 0.6) is 0 Å². The minimum absolute atomic E-state index is 0.0209. The average Bonchev–Trinajstić information content (AvgIpc) is 3.55. The summed E-state index contributed by atoms with van der Waals surface area (Å²) in [6.07, 6.45) is 15.4. The maximum Gasteiger partial charge on any atom is 0.157 e. The van der Waals surface area contributed by atoms with Crippen molar-refractivity contribution in [1.82, 2.24) is 0 Å². The smallest absolute Gasteiger partial charge is 0.157 e. The van der Waals surface area contributed by atoms with Crippen LogP contribution in [-0.2, 0) is 9.47 Å². The van der Waals surface area contributed by atoms with Crippen LogP contribution >= 0.6 is 0 Å². The summed E-state index contributed by atoms with van der Waals surface area (Å²) < 4.78 is 11.7. The SMILES string of the molecule is C[C@]12CC[C@H](O)CC1=CC[C@H]1[C@@H]3[C@H]4C[C@H]4[C@@](O)(CCCOC4CCCCO4)[C@@]3(C)CC[C@@H]12. The Morgan fingerprint density at radius 3 is 2.78 bits per heavy atom. The van der Waals surface area contributed by atoms with Crippen LogP contribution in [0.15, 0.2) is 11.6 Å². The van der Waals surface area contributed by atoms with Gasteiger partial charge in [0.05, 0.1) is 11.7 Å². The number of ether oxygens (including phenoxy) is 2. The second kappa shape index (κ2) is 7.80. The highest BCUT2D eigenvalue weighted by atomic mass is 16.7. The lowest BCUT2D eigenvalue weighted by Crippen LogP contribution is -2.56. The van der Waals surface area contributed by atoms with Crippen molar-refractivity contribution in [1.29, 1.82) is 0 Å². The largest absolute Gasteiger partial charge is 0.393 e. The first kappa shape index (κ1) is 22.1. The average molecular weight is 445 g/mol. The van der Waals surface area contributed by atoms with E-state index in [9.17, 15) is 10.2 Å². The minimum Gasteiger partial charge on any atom is -0.393 e. The first-order valence-electron chi connectivity index (χ1n) is 13.7. The molecule has 180 valence electrons. The summed E-state index contributed by atoms with van der Waals surface area (Å²) in [7, 11) is 0. The van der Waals surface area contributed by atoms with Crippen molar-refractivity contribution in [2.45, 2.75) is 109 Å². The second-order valence-electron chi connectivity index (χ2n) is 12.7. The third-order valence-electron chi connectivity index (χ3n) is 11.4. The van der Waals surface area contributed by atoms with Gasteiger partial charge in [0, 0.05) is 13.2 Å². The van der Waals surface area contributed by atoms with Crippen LogP contribution in [0, 0.1) is 40.4 Å². The van der Waals surface area contributed by atoms with Crippen molar-refractivity contribution in [3.63, 3.8) is 0 Å². The molecule has 6 rings (SSSR count). The van der Waals surface area contributed by atoms with E-state index in [4.69, 9.17) is 9.47 Å². The molecule has 4 nitrogen and oxygen atoms in total. The second-order valence-corrected chi connectivity index (χ2v) is 12.7. The standard InChI is InChI=1S/C28H44O4/c1-26-12-9-19(29)16-18(26)7-8-20-22(26)10-13-27(2)25(20)21-17-23(21)28(27,30)11-5-15-32-24-6-3-4-14-31-24/h7,19-25,29-30H,3-6,8-17H2,1-2H3/t19-,20+,21-,22-,23+,24?,25+,26-,27-,28-/m0/s1. The van der Waals surface area contributed by atoms with E-state index in [2.05, 4.69) is 19.9 Å². The quantitative estimate of drug-likeness (QED) is 0.451. The van der Waals surface area contributed by atoms with Crippen molar-refractivity contribution in [2.24, 2.45) is 40.4 Å². The van der Waals surface area contributed by atoms with Gasteiger partial charge in [-0.05, 0) is 117 Å². The van der Waals surface area contributed by atoms with E-state index in [1.54, 1.807) is 5.57 Å². The van der Waals surface area contributed by atoms with E-state index in [-0.39, 0.29) is 23.2 Å². The molecule has 5 fully saturated rings. The van der Waals surface area contributed by atoms with E-state index >= 15 is 0 Å². The van der Waals surface area contributed by atoms with Gasteiger partial charge < -0.3 is 19.7 Å². The first-order chi connectivity index (χ1) is 15.4. The van der Waals surface area contributed by atoms with Crippen molar-refractivity contribution in [2.75, 3.05) is 13.2 Å². The van der Waals surface area contributed by atoms with Gasteiger partial charge in [-0.1, -0.05) is 25.5 Å². The highest BCUT2D eigenvalue weighted by molar-refractivity contribution is 5.29. The number of aliphatic hydroxyl groups is 2. The Morgan fingerprint density at radius 1 is 1.09 bits per heavy atom. The van der Waals surface area contributed by atoms with Crippen LogP contribution in [0.25, 0.3) is 0 Å². The summed E-state index contributed by atoms with van der Waals surface area (Å²) in [5.41, 5.74) is 1.36. The fourth-order valence-electron chi connectivity index (χ4n) is 9.64. The van der Waals surface area contributed by atoms with E-state index in [1.165, 1.54) is 32.1 Å². The van der Waals surface area contributed by atoms with Crippen LogP contribution in [0.1, 0.15) is 90.9 Å². The molecule has 0 amide bonds. The molecule has 32 heavy (non-hydrogen) atoms. The Morgan fingerprint density at radius 2 is 1.97 bits per heavy atom. The summed E-state index contributed by atoms with van der Waals surface area (Å²) in [5, 5.41) is 22.4. The molecule has 4 heteroatoms. The minimum atomic E-state index is -0.516. The van der Waals surface area contributed by atoms with Gasteiger partial charge in [0.2, 0.25) is 0 Å². The molecule has 2 N–H and O–H groups in total. The topological polar surface area (TPSA) is 58.9 Å². The van der Waals surface area contributed by atoms with Crippen molar-refractivity contribution in [3.8, 4) is 0 Å². The van der Waals surface area contributed by atoms with E-state index in [0.29, 0.717) is 24.4 Å². The van der Waals surface area contributed by atoms with Crippen LogP contribution in [0.3, 0.4) is 0 Å². The Balaban J connectivity index is 1.16. The molecular formula is C28H44O4. The molecule has 1 aliphatic heterocycles. The normalized spacial score (nSPS) is 54.1. The molecule has 10 atom stereocenters. The third-order valence-corrected chi connectivity index (χ3v) is 11.4. The number of hydrogen-bond acceptors (Lipinski definition) is 4. The number of hydrogen-bond donors (Lipinski definition) is 2. The molecule has 1 unspecified atom stereocenters. The molecule has 0 spiro atoms. The Bertz CT molecular complexity index is 759. The monoisotopic (exact) mass is 444 g/mol. The Hall–Kier alpha value is -0.420. The molecule has 1 saturated heterocycles. The van der Waals surface area contributed by atoms with Crippen molar-refractivity contribution >= 4 is 0 Å². The maximum absolute atomic E-state index is 12.2. The van der Waals surface area contributed by atoms with Crippen molar-refractivity contribution in [3.05, 3.63) is 11.6 Å². The van der Waals surface area contributed by atoms with Crippen LogP contribution in [-0.4, -0.2) is 41.4 Å². The van der Waals surface area contributed by atoms with Gasteiger partial charge in [-0.15, -0.1) is 0 Å². The number of allylic oxidation sites excluding steroid dienone is 1. The van der Waals surface area contributed by atoms with Gasteiger partial charge >= 0.3 is 0 Å². The van der Waals surface area contributed by atoms with Gasteiger partial charge in [-0.25, -0.2) is 0 Å². The van der Waals surface area contributed by atoms with Crippen LogP contribution < -0.4 is 0 Å². The molecule has 0 bridgehead atoms. The lowest BCUT2D eigenvalue weighted by atomic mass is 9.45. The molecule has 0 aromatic heterocycles. The summed E-state index contributed by atoms with van der Waals surface area (Å²) in [6.45, 7) is 6.48. The van der Waals surface area contributed by atoms with Crippen LogP contribution in [0.4, 0.5) is 0 Å². The summed E-state index contributed by atoms with van der Waals surface area (Å²) >= 11 is 0. The van der Waals surface area contributed by atoms with E-state index in [1.807, 2.05) is 0 Å². The highest BCUT2D eigenvalue weighted by Crippen LogP contribution is 2.77. The molecular weight excluding hydrogens is 400 g/mol. The van der Waals surface area contributed by atoms with E-state index < -0.39 is 5.60 Å². The van der Waals surface area contributed by atoms with Gasteiger partial charge in [0.1, 0.15) is 0 Å². The highest BCUT2D eigenvalue weighted by Gasteiger charge is 2.75. The zero-order valence-electron chi connectivity index (χ0n) is 20.2. The molecule has 4 saturated carbocycles. The predicted octanol–water partition coefficient (Wildman–Crippen LogP) is 5.22. The molecule has 0 aromatic rings. The third kappa shape index (κ3) is 3.15. The molecule has 0 radical (unpaired) electrons. The van der Waals surface area contributed by atoms with Crippen molar-refractivity contribution < 1.29 is 19.7 Å². The summed E-state index contributed by atoms with van der Waals surface area (Å²) in [5.74, 6) is 3.36. The van der Waals surface area contributed by atoms with Gasteiger partial charge in [0.15, 0.2) is 6.29 Å². The molecule has 6 aliphatic rings. The Kier molecular flexibility index (Phi) is 5.38. The fraction of sp³-hybridized carbons (Fsp3) is 0.929. The predicted molar refractivity (Wildman–Crippen MR) is 124 cm³/mol. The van der Waals surface area contributed by atoms with Gasteiger partial charge in [0.25, 0.3) is 0 Å². The molecule has 1 heterocycles. The fourth-order valence-corrected chi connectivity index (χ4v) is 9.64. The first-order valence-corrected chi connectivity index (χ1v) is 13.7. The van der Waals surface area contributed by atoms with Gasteiger partial charge in [-0.3, -0.25) is 0 Å². The number of rotatable bonds is 5. The lowest BCUT2D eigenvalue weighted by Gasteiger charge is -2.60. The van der Waals surface area contributed by atoms with Crippen LogP contribution in [0.2, 0.25) is 0 Å². The van der Waals surface area contributed by atoms with E-state index in [0.717, 1.165) is 63.4 Å². The summed E-state index contributed by atoms with van der Waals surface area (Å²) in [6, 6.07) is 0. The van der Waals surface area contributed by atoms with Gasteiger partial charge in [-0.2, -0.15) is 0 Å². The number of aliphatic hydroxyl groups excluding tert-OH is 1. The Labute approximate surface area is 194 Å². The maximum atomic E-state index is 12.2. The lowest BCUT2D eigenvalue weighted by molar-refractivity contribution is -0.172. The molecule has 0 aromatic carbocycles. The summed E-state index contributed by atoms with van der Waals surface area (Å²) in [4.78, 5) is 0. The zero-order chi connectivity index (χ0) is 22.1. The molecule has 5 aliphatic carbocycles. The number of fused-ring (bicyclic) bond motifs is 7. The zero-order valence-corrected chi connectivity index (χ0v) is 20.2.